The zero-order valence-corrected chi connectivity index (χ0v) is 12.5. The summed E-state index contributed by atoms with van der Waals surface area (Å²) in [6, 6.07) is 5.85. The Labute approximate surface area is 117 Å². The number of hydrogen-bond acceptors (Lipinski definition) is 2. The molecule has 0 aliphatic heterocycles. The van der Waals surface area contributed by atoms with E-state index in [4.69, 9.17) is 12.2 Å². The summed E-state index contributed by atoms with van der Waals surface area (Å²) in [5.41, 5.74) is 3.07. The lowest BCUT2D eigenvalue weighted by molar-refractivity contribution is -0.124. The lowest BCUT2D eigenvalue weighted by atomic mass is 10.2. The first kappa shape index (κ1) is 13.8. The number of amides is 1. The van der Waals surface area contributed by atoms with E-state index in [1.807, 2.05) is 50.5 Å². The molecule has 0 saturated heterocycles. The Hall–Kier alpha value is -1.62. The Balaban J connectivity index is 2.49. The van der Waals surface area contributed by atoms with E-state index in [0.717, 1.165) is 16.6 Å². The minimum absolute atomic E-state index is 0.0199. The molecule has 2 rings (SSSR count). The molecular weight excluding hydrogens is 258 g/mol. The van der Waals surface area contributed by atoms with Gasteiger partial charge in [0.2, 0.25) is 5.91 Å². The monoisotopic (exact) mass is 277 g/mol. The number of aromatic amines is 1. The van der Waals surface area contributed by atoms with E-state index >= 15 is 0 Å². The number of aromatic nitrogens is 2. The summed E-state index contributed by atoms with van der Waals surface area (Å²) in [7, 11) is 0. The quantitative estimate of drug-likeness (QED) is 0.847. The van der Waals surface area contributed by atoms with Crippen LogP contribution in [0.15, 0.2) is 18.2 Å². The van der Waals surface area contributed by atoms with Gasteiger partial charge in [-0.25, -0.2) is 0 Å². The molecule has 0 bridgehead atoms. The molecule has 1 atom stereocenters. The second kappa shape index (κ2) is 5.17. The van der Waals surface area contributed by atoms with Crippen LogP contribution < -0.4 is 5.32 Å². The van der Waals surface area contributed by atoms with Crippen LogP contribution in [0, 0.1) is 11.7 Å². The molecule has 1 amide bonds. The molecule has 102 valence electrons. The van der Waals surface area contributed by atoms with E-state index in [1.165, 1.54) is 0 Å². The molecular formula is C14H19N3OS. The number of hydrogen-bond donors (Lipinski definition) is 2. The molecule has 1 heterocycles. The molecule has 0 radical (unpaired) electrons. The van der Waals surface area contributed by atoms with Crippen LogP contribution in [-0.2, 0) is 4.79 Å². The predicted molar refractivity (Wildman–Crippen MR) is 79.8 cm³/mol. The normalized spacial score (nSPS) is 12.9. The fourth-order valence-corrected chi connectivity index (χ4v) is 2.50. The van der Waals surface area contributed by atoms with Gasteiger partial charge in [0.1, 0.15) is 6.04 Å². The van der Waals surface area contributed by atoms with Crippen molar-refractivity contribution < 1.29 is 4.79 Å². The summed E-state index contributed by atoms with van der Waals surface area (Å²) in [5, 5.41) is 2.92. The van der Waals surface area contributed by atoms with Gasteiger partial charge in [0.25, 0.3) is 0 Å². The van der Waals surface area contributed by atoms with Crippen molar-refractivity contribution in [3.63, 3.8) is 0 Å². The highest BCUT2D eigenvalue weighted by Gasteiger charge is 2.18. The van der Waals surface area contributed by atoms with Gasteiger partial charge < -0.3 is 14.9 Å². The molecule has 5 heteroatoms. The van der Waals surface area contributed by atoms with Crippen LogP contribution in [0.4, 0.5) is 0 Å². The molecule has 0 saturated carbocycles. The Bertz CT molecular complexity index is 669. The molecule has 0 fully saturated rings. The first-order valence-corrected chi connectivity index (χ1v) is 6.82. The number of benzene rings is 1. The largest absolute Gasteiger partial charge is 0.352 e. The van der Waals surface area contributed by atoms with Crippen LogP contribution in [-0.4, -0.2) is 21.5 Å². The SMILES string of the molecule is Cc1ccc2[nH]c(=S)n(C(C)C(=O)NC(C)C)c2c1. The average Bonchev–Trinajstić information content (AvgIpc) is 2.62. The molecule has 2 N–H and O–H groups in total. The highest BCUT2D eigenvalue weighted by atomic mass is 32.1. The van der Waals surface area contributed by atoms with Crippen molar-refractivity contribution in [1.29, 1.82) is 0 Å². The minimum Gasteiger partial charge on any atom is -0.352 e. The second-order valence-corrected chi connectivity index (χ2v) is 5.55. The molecule has 1 unspecified atom stereocenters. The number of fused-ring (bicyclic) bond motifs is 1. The van der Waals surface area contributed by atoms with Crippen molar-refractivity contribution in [2.75, 3.05) is 0 Å². The van der Waals surface area contributed by atoms with Gasteiger partial charge in [-0.05, 0) is 57.6 Å². The lowest BCUT2D eigenvalue weighted by Gasteiger charge is -2.16. The second-order valence-electron chi connectivity index (χ2n) is 5.16. The molecule has 0 aliphatic rings. The van der Waals surface area contributed by atoms with Gasteiger partial charge in [0, 0.05) is 6.04 Å². The van der Waals surface area contributed by atoms with Crippen molar-refractivity contribution in [3.05, 3.63) is 28.5 Å². The van der Waals surface area contributed by atoms with Crippen LogP contribution in [0.3, 0.4) is 0 Å². The number of rotatable bonds is 3. The number of carbonyl (C=O) groups excluding carboxylic acids is 1. The third kappa shape index (κ3) is 2.71. The highest BCUT2D eigenvalue weighted by Crippen LogP contribution is 2.20. The van der Waals surface area contributed by atoms with E-state index in [9.17, 15) is 4.79 Å². The first-order valence-electron chi connectivity index (χ1n) is 6.41. The van der Waals surface area contributed by atoms with Crippen molar-refractivity contribution in [1.82, 2.24) is 14.9 Å². The maximum Gasteiger partial charge on any atom is 0.243 e. The molecule has 2 aromatic rings. The Morgan fingerprint density at radius 1 is 1.37 bits per heavy atom. The summed E-state index contributed by atoms with van der Waals surface area (Å²) < 4.78 is 2.45. The number of nitrogens with one attached hydrogen (secondary N) is 2. The third-order valence-electron chi connectivity index (χ3n) is 3.07. The van der Waals surface area contributed by atoms with E-state index in [2.05, 4.69) is 10.3 Å². The summed E-state index contributed by atoms with van der Waals surface area (Å²) in [6.45, 7) is 7.79. The van der Waals surface area contributed by atoms with E-state index in [1.54, 1.807) is 0 Å². The van der Waals surface area contributed by atoms with Crippen LogP contribution in [0.25, 0.3) is 11.0 Å². The van der Waals surface area contributed by atoms with Gasteiger partial charge in [-0.1, -0.05) is 6.07 Å². The number of imidazole rings is 1. The Morgan fingerprint density at radius 3 is 2.68 bits per heavy atom. The number of aryl methyl sites for hydroxylation is 1. The molecule has 19 heavy (non-hydrogen) atoms. The highest BCUT2D eigenvalue weighted by molar-refractivity contribution is 7.71. The third-order valence-corrected chi connectivity index (χ3v) is 3.37. The topological polar surface area (TPSA) is 49.8 Å². The first-order chi connectivity index (χ1) is 8.90. The van der Waals surface area contributed by atoms with Gasteiger partial charge in [-0.2, -0.15) is 0 Å². The van der Waals surface area contributed by atoms with E-state index in [0.29, 0.717) is 4.77 Å². The van der Waals surface area contributed by atoms with Crippen LogP contribution in [0.2, 0.25) is 0 Å². The lowest BCUT2D eigenvalue weighted by Crippen LogP contribution is -2.35. The summed E-state index contributed by atoms with van der Waals surface area (Å²) in [4.78, 5) is 15.3. The minimum atomic E-state index is -0.328. The molecule has 1 aromatic heterocycles. The van der Waals surface area contributed by atoms with Crippen LogP contribution in [0.1, 0.15) is 32.4 Å². The predicted octanol–water partition coefficient (Wildman–Crippen LogP) is 3.09. The van der Waals surface area contributed by atoms with Gasteiger partial charge in [0.05, 0.1) is 11.0 Å². The van der Waals surface area contributed by atoms with Crippen molar-refractivity contribution >= 4 is 29.2 Å². The fourth-order valence-electron chi connectivity index (χ4n) is 2.14. The molecule has 0 spiro atoms. The van der Waals surface area contributed by atoms with Gasteiger partial charge in [-0.15, -0.1) is 0 Å². The number of nitrogens with zero attached hydrogens (tertiary/aromatic N) is 1. The fraction of sp³-hybridized carbons (Fsp3) is 0.429. The van der Waals surface area contributed by atoms with Gasteiger partial charge in [0.15, 0.2) is 4.77 Å². The zero-order valence-electron chi connectivity index (χ0n) is 11.7. The number of H-pyrrole nitrogens is 1. The summed E-state index contributed by atoms with van der Waals surface area (Å²) in [6.07, 6.45) is 0. The van der Waals surface area contributed by atoms with Gasteiger partial charge >= 0.3 is 0 Å². The summed E-state index contributed by atoms with van der Waals surface area (Å²) in [5.74, 6) is -0.0199. The number of carbonyl (C=O) groups is 1. The van der Waals surface area contributed by atoms with E-state index in [-0.39, 0.29) is 18.0 Å². The smallest absolute Gasteiger partial charge is 0.243 e. The Morgan fingerprint density at radius 2 is 2.05 bits per heavy atom. The molecule has 4 nitrogen and oxygen atoms in total. The molecule has 1 aromatic carbocycles. The standard InChI is InChI=1S/C14H19N3OS/c1-8(2)15-13(18)10(4)17-12-7-9(3)5-6-11(12)16-14(17)19/h5-8,10H,1-4H3,(H,15,18)(H,16,19). The molecule has 0 aliphatic carbocycles. The van der Waals surface area contributed by atoms with E-state index < -0.39 is 0 Å². The van der Waals surface area contributed by atoms with Crippen molar-refractivity contribution in [2.45, 2.75) is 39.8 Å². The van der Waals surface area contributed by atoms with Crippen molar-refractivity contribution in [3.8, 4) is 0 Å². The average molecular weight is 277 g/mol. The van der Waals surface area contributed by atoms with Crippen LogP contribution >= 0.6 is 12.2 Å². The summed E-state index contributed by atoms with van der Waals surface area (Å²) >= 11 is 5.33. The van der Waals surface area contributed by atoms with Crippen molar-refractivity contribution in [2.24, 2.45) is 0 Å². The van der Waals surface area contributed by atoms with Crippen LogP contribution in [0.5, 0.6) is 0 Å². The maximum absolute atomic E-state index is 12.1. The zero-order chi connectivity index (χ0) is 14.2. The maximum atomic E-state index is 12.1. The Kier molecular flexibility index (Phi) is 3.75. The van der Waals surface area contributed by atoms with Gasteiger partial charge in [-0.3, -0.25) is 4.79 Å².